The van der Waals surface area contributed by atoms with Crippen LogP contribution in [0.5, 0.6) is 11.5 Å². The van der Waals surface area contributed by atoms with Crippen LogP contribution < -0.4 is 14.8 Å². The summed E-state index contributed by atoms with van der Waals surface area (Å²) in [6, 6.07) is 13.5. The molecule has 0 aliphatic carbocycles. The van der Waals surface area contributed by atoms with Gasteiger partial charge in [-0.3, -0.25) is 4.79 Å². The fraction of sp³-hybridized carbons (Fsp3) is 0.350. The number of benzene rings is 2. The summed E-state index contributed by atoms with van der Waals surface area (Å²) in [5.74, 6) is 2.70. The van der Waals surface area contributed by atoms with Crippen molar-refractivity contribution in [2.45, 2.75) is 25.1 Å². The van der Waals surface area contributed by atoms with Crippen molar-refractivity contribution in [3.8, 4) is 11.5 Å². The molecule has 0 saturated carbocycles. The van der Waals surface area contributed by atoms with E-state index in [1.165, 1.54) is 0 Å². The Morgan fingerprint density at radius 1 is 1.19 bits per heavy atom. The number of halogens is 1. The Morgan fingerprint density at radius 2 is 2.00 bits per heavy atom. The van der Waals surface area contributed by atoms with Crippen molar-refractivity contribution in [3.63, 3.8) is 0 Å². The largest absolute Gasteiger partial charge is 0.486 e. The van der Waals surface area contributed by atoms with Gasteiger partial charge in [0, 0.05) is 10.8 Å². The molecule has 0 aromatic heterocycles. The zero-order chi connectivity index (χ0) is 18.4. The van der Waals surface area contributed by atoms with Gasteiger partial charge in [0.25, 0.3) is 0 Å². The molecule has 1 heterocycles. The van der Waals surface area contributed by atoms with Crippen molar-refractivity contribution in [1.82, 2.24) is 5.32 Å². The van der Waals surface area contributed by atoms with Crippen molar-refractivity contribution < 1.29 is 14.3 Å². The molecular formula is C20H22ClNO3S. The van der Waals surface area contributed by atoms with Crippen LogP contribution in [0.1, 0.15) is 30.5 Å². The molecule has 1 N–H and O–H groups in total. The second-order valence-corrected chi connectivity index (χ2v) is 7.48. The summed E-state index contributed by atoms with van der Waals surface area (Å²) in [4.78, 5) is 12.3. The molecule has 0 spiro atoms. The number of amides is 1. The van der Waals surface area contributed by atoms with Gasteiger partial charge in [0.2, 0.25) is 5.91 Å². The highest BCUT2D eigenvalue weighted by molar-refractivity contribution is 7.99. The number of nitrogens with one attached hydrogen (secondary N) is 1. The zero-order valence-electron chi connectivity index (χ0n) is 14.7. The van der Waals surface area contributed by atoms with Crippen molar-refractivity contribution in [1.29, 1.82) is 0 Å². The number of carbonyl (C=O) groups is 1. The molecule has 1 atom stereocenters. The van der Waals surface area contributed by atoms with Gasteiger partial charge in [-0.25, -0.2) is 0 Å². The Balaban J connectivity index is 1.53. The van der Waals surface area contributed by atoms with Gasteiger partial charge < -0.3 is 14.8 Å². The van der Waals surface area contributed by atoms with Gasteiger partial charge in [0.15, 0.2) is 11.5 Å². The summed E-state index contributed by atoms with van der Waals surface area (Å²) in [5, 5.41) is 3.82. The number of hydrogen-bond acceptors (Lipinski definition) is 4. The Morgan fingerprint density at radius 3 is 2.77 bits per heavy atom. The van der Waals surface area contributed by atoms with E-state index in [-0.39, 0.29) is 11.9 Å². The van der Waals surface area contributed by atoms with Gasteiger partial charge in [-0.1, -0.05) is 36.7 Å². The lowest BCUT2D eigenvalue weighted by Crippen LogP contribution is -2.29. The van der Waals surface area contributed by atoms with Gasteiger partial charge in [0.05, 0.1) is 11.8 Å². The van der Waals surface area contributed by atoms with Gasteiger partial charge in [-0.05, 0) is 41.8 Å². The lowest BCUT2D eigenvalue weighted by molar-refractivity contribution is -0.119. The van der Waals surface area contributed by atoms with E-state index in [2.05, 4.69) is 12.2 Å². The van der Waals surface area contributed by atoms with Crippen LogP contribution >= 0.6 is 23.4 Å². The molecule has 4 nitrogen and oxygen atoms in total. The maximum absolute atomic E-state index is 12.3. The number of fused-ring (bicyclic) bond motifs is 1. The number of rotatable bonds is 7. The first-order chi connectivity index (χ1) is 12.7. The molecule has 1 aliphatic rings. The van der Waals surface area contributed by atoms with E-state index in [4.69, 9.17) is 21.1 Å². The van der Waals surface area contributed by atoms with E-state index in [9.17, 15) is 4.79 Å². The number of thioether (sulfide) groups is 1. The van der Waals surface area contributed by atoms with Crippen molar-refractivity contribution in [3.05, 3.63) is 58.6 Å². The van der Waals surface area contributed by atoms with Gasteiger partial charge >= 0.3 is 0 Å². The van der Waals surface area contributed by atoms with Crippen LogP contribution in [0.3, 0.4) is 0 Å². The van der Waals surface area contributed by atoms with Crippen LogP contribution in [0.15, 0.2) is 42.5 Å². The summed E-state index contributed by atoms with van der Waals surface area (Å²) in [6.45, 7) is 3.19. The predicted molar refractivity (Wildman–Crippen MR) is 106 cm³/mol. The first-order valence-corrected chi connectivity index (χ1v) is 10.2. The zero-order valence-corrected chi connectivity index (χ0v) is 16.2. The molecule has 3 rings (SSSR count). The van der Waals surface area contributed by atoms with Crippen molar-refractivity contribution >= 4 is 29.3 Å². The van der Waals surface area contributed by atoms with Crippen LogP contribution in [0.25, 0.3) is 0 Å². The van der Waals surface area contributed by atoms with E-state index in [0.717, 1.165) is 39.8 Å². The molecule has 1 amide bonds. The smallest absolute Gasteiger partial charge is 0.230 e. The summed E-state index contributed by atoms with van der Waals surface area (Å²) in [5.41, 5.74) is 2.15. The van der Waals surface area contributed by atoms with E-state index >= 15 is 0 Å². The normalized spacial score (nSPS) is 13.9. The fourth-order valence-corrected chi connectivity index (χ4v) is 3.82. The lowest BCUT2D eigenvalue weighted by Gasteiger charge is -2.22. The summed E-state index contributed by atoms with van der Waals surface area (Å²) in [7, 11) is 0. The Labute approximate surface area is 163 Å². The molecule has 138 valence electrons. The van der Waals surface area contributed by atoms with Crippen LogP contribution in [0.2, 0.25) is 5.02 Å². The molecule has 6 heteroatoms. The third-order valence-electron chi connectivity index (χ3n) is 4.10. The third-order valence-corrected chi connectivity index (χ3v) is 5.34. The molecule has 0 fully saturated rings. The molecule has 1 aliphatic heterocycles. The average molecular weight is 392 g/mol. The van der Waals surface area contributed by atoms with Crippen LogP contribution in [-0.2, 0) is 10.5 Å². The van der Waals surface area contributed by atoms with Crippen molar-refractivity contribution in [2.75, 3.05) is 19.0 Å². The molecular weight excluding hydrogens is 370 g/mol. The second kappa shape index (κ2) is 9.19. The highest BCUT2D eigenvalue weighted by Gasteiger charge is 2.17. The Bertz CT molecular complexity index is 768. The van der Waals surface area contributed by atoms with Crippen molar-refractivity contribution in [2.24, 2.45) is 0 Å². The number of carbonyl (C=O) groups excluding carboxylic acids is 1. The van der Waals surface area contributed by atoms with Crippen LogP contribution in [-0.4, -0.2) is 24.9 Å². The van der Waals surface area contributed by atoms with E-state index in [1.54, 1.807) is 11.8 Å². The molecule has 0 radical (unpaired) electrons. The minimum atomic E-state index is -0.0369. The van der Waals surface area contributed by atoms with Gasteiger partial charge in [0.1, 0.15) is 13.2 Å². The molecule has 0 bridgehead atoms. The Hall–Kier alpha value is -1.85. The fourth-order valence-electron chi connectivity index (χ4n) is 2.82. The van der Waals surface area contributed by atoms with Gasteiger partial charge in [-0.2, -0.15) is 0 Å². The van der Waals surface area contributed by atoms with E-state index in [0.29, 0.717) is 19.0 Å². The molecule has 2 aromatic carbocycles. The summed E-state index contributed by atoms with van der Waals surface area (Å²) in [6.07, 6.45) is 0.810. The molecule has 1 unspecified atom stereocenters. The first kappa shape index (κ1) is 18.9. The average Bonchev–Trinajstić information content (AvgIpc) is 2.66. The number of ether oxygens (including phenoxy) is 2. The highest BCUT2D eigenvalue weighted by atomic mass is 35.5. The molecule has 26 heavy (non-hydrogen) atoms. The minimum absolute atomic E-state index is 0.0266. The Kier molecular flexibility index (Phi) is 6.69. The standard InChI is InChI=1S/C20H22ClNO3S/c1-2-17(15-6-7-18-19(11-15)25-9-8-24-18)22-20(23)13-26-12-14-4-3-5-16(21)10-14/h3-7,10-11,17H,2,8-9,12-13H2,1H3,(H,22,23). The van der Waals surface area contributed by atoms with Gasteiger partial charge in [-0.15, -0.1) is 11.8 Å². The third kappa shape index (κ3) is 5.08. The van der Waals surface area contributed by atoms with E-state index < -0.39 is 0 Å². The number of hydrogen-bond donors (Lipinski definition) is 1. The van der Waals surface area contributed by atoms with Crippen LogP contribution in [0, 0.1) is 0 Å². The predicted octanol–water partition coefficient (Wildman–Crippen LogP) is 4.61. The topological polar surface area (TPSA) is 47.6 Å². The monoisotopic (exact) mass is 391 g/mol. The lowest BCUT2D eigenvalue weighted by atomic mass is 10.0. The second-order valence-electron chi connectivity index (χ2n) is 6.05. The van der Waals surface area contributed by atoms with E-state index in [1.807, 2.05) is 42.5 Å². The maximum atomic E-state index is 12.3. The minimum Gasteiger partial charge on any atom is -0.486 e. The maximum Gasteiger partial charge on any atom is 0.230 e. The summed E-state index contributed by atoms with van der Waals surface area (Å²) < 4.78 is 11.2. The quantitative estimate of drug-likeness (QED) is 0.748. The highest BCUT2D eigenvalue weighted by Crippen LogP contribution is 2.33. The van der Waals surface area contributed by atoms with Crippen LogP contribution in [0.4, 0.5) is 0 Å². The SMILES string of the molecule is CCC(NC(=O)CSCc1cccc(Cl)c1)c1ccc2c(c1)OCCO2. The summed E-state index contributed by atoms with van der Waals surface area (Å²) >= 11 is 7.56. The first-order valence-electron chi connectivity index (χ1n) is 8.67. The molecule has 0 saturated heterocycles. The molecule has 2 aromatic rings.